The molecule has 1 aromatic carbocycles. The van der Waals surface area contributed by atoms with E-state index in [9.17, 15) is 4.79 Å². The monoisotopic (exact) mass is 257 g/mol. The molecule has 2 heteroatoms. The predicted molar refractivity (Wildman–Crippen MR) is 82.0 cm³/mol. The van der Waals surface area contributed by atoms with Gasteiger partial charge in [-0.25, -0.2) is 0 Å². The maximum absolute atomic E-state index is 12.7. The van der Waals surface area contributed by atoms with Crippen molar-refractivity contribution in [2.75, 3.05) is 0 Å². The fraction of sp³-hybridized carbons (Fsp3) is 0.471. The Kier molecular flexibility index (Phi) is 3.29. The van der Waals surface area contributed by atoms with Crippen molar-refractivity contribution >= 4 is 10.8 Å². The largest absolute Gasteiger partial charge is 0.309 e. The van der Waals surface area contributed by atoms with Crippen molar-refractivity contribution < 1.29 is 0 Å². The zero-order chi connectivity index (χ0) is 14.4. The number of benzene rings is 1. The second kappa shape index (κ2) is 4.52. The van der Waals surface area contributed by atoms with Gasteiger partial charge in [0, 0.05) is 17.1 Å². The molecule has 0 aliphatic carbocycles. The Morgan fingerprint density at radius 3 is 2.32 bits per heavy atom. The molecule has 0 bridgehead atoms. The van der Waals surface area contributed by atoms with Crippen molar-refractivity contribution in [2.45, 2.75) is 53.0 Å². The van der Waals surface area contributed by atoms with E-state index in [1.54, 1.807) is 0 Å². The molecule has 102 valence electrons. The highest BCUT2D eigenvalue weighted by atomic mass is 16.1. The van der Waals surface area contributed by atoms with Crippen LogP contribution >= 0.6 is 0 Å². The van der Waals surface area contributed by atoms with Gasteiger partial charge in [0.1, 0.15) is 0 Å². The highest BCUT2D eigenvalue weighted by Crippen LogP contribution is 2.27. The van der Waals surface area contributed by atoms with Gasteiger partial charge in [-0.1, -0.05) is 26.0 Å². The van der Waals surface area contributed by atoms with Crippen LogP contribution in [0.25, 0.3) is 10.8 Å². The zero-order valence-electron chi connectivity index (χ0n) is 12.7. The Morgan fingerprint density at radius 1 is 1.16 bits per heavy atom. The molecule has 1 aromatic heterocycles. The van der Waals surface area contributed by atoms with E-state index >= 15 is 0 Å². The van der Waals surface area contributed by atoms with E-state index in [0.717, 1.165) is 10.8 Å². The summed E-state index contributed by atoms with van der Waals surface area (Å²) < 4.78 is 1.84. The molecule has 0 amide bonds. The van der Waals surface area contributed by atoms with Crippen LogP contribution in [0.4, 0.5) is 0 Å². The molecule has 0 saturated heterocycles. The summed E-state index contributed by atoms with van der Waals surface area (Å²) in [5.74, 6) is 0.423. The smallest absolute Gasteiger partial charge is 0.258 e. The van der Waals surface area contributed by atoms with Gasteiger partial charge in [0.15, 0.2) is 0 Å². The van der Waals surface area contributed by atoms with E-state index in [4.69, 9.17) is 0 Å². The molecule has 2 nitrogen and oxygen atoms in total. The lowest BCUT2D eigenvalue weighted by Gasteiger charge is -2.24. The van der Waals surface area contributed by atoms with Crippen molar-refractivity contribution in [1.29, 1.82) is 0 Å². The lowest BCUT2D eigenvalue weighted by atomic mass is 9.94. The van der Waals surface area contributed by atoms with Gasteiger partial charge >= 0.3 is 0 Å². The summed E-state index contributed by atoms with van der Waals surface area (Å²) in [7, 11) is 0. The number of rotatable bonds is 1. The molecule has 2 aromatic rings. The molecular formula is C17H23NO. The molecule has 0 saturated carbocycles. The van der Waals surface area contributed by atoms with Crippen molar-refractivity contribution in [2.24, 2.45) is 0 Å². The first kappa shape index (κ1) is 13.9. The Bertz CT molecular complexity index is 672. The van der Waals surface area contributed by atoms with Crippen LogP contribution in [0.15, 0.2) is 29.2 Å². The molecule has 0 aliphatic heterocycles. The van der Waals surface area contributed by atoms with Crippen molar-refractivity contribution in [1.82, 2.24) is 4.57 Å². The van der Waals surface area contributed by atoms with Gasteiger partial charge in [-0.3, -0.25) is 4.79 Å². The van der Waals surface area contributed by atoms with Crippen molar-refractivity contribution in [3.05, 3.63) is 45.9 Å². The van der Waals surface area contributed by atoms with Crippen LogP contribution in [0.3, 0.4) is 0 Å². The highest BCUT2D eigenvalue weighted by Gasteiger charge is 2.18. The normalized spacial score (nSPS) is 12.4. The second-order valence-electron chi connectivity index (χ2n) is 6.58. The van der Waals surface area contributed by atoms with E-state index in [1.165, 1.54) is 11.1 Å². The van der Waals surface area contributed by atoms with Crippen LogP contribution in [-0.2, 0) is 5.54 Å². The first-order valence-electron chi connectivity index (χ1n) is 6.89. The first-order valence-corrected chi connectivity index (χ1v) is 6.89. The van der Waals surface area contributed by atoms with E-state index in [0.29, 0.717) is 5.92 Å². The molecular weight excluding hydrogens is 234 g/mol. The number of nitrogens with zero attached hydrogens (tertiary/aromatic N) is 1. The minimum Gasteiger partial charge on any atom is -0.309 e. The molecule has 0 aliphatic rings. The van der Waals surface area contributed by atoms with E-state index in [1.807, 2.05) is 22.9 Å². The standard InChI is InChI=1S/C17H23NO/c1-11(2)13-8-7-9-14-15(13)12(3)10-18(16(14)19)17(4,5)6/h7-11H,1-6H3. The Morgan fingerprint density at radius 2 is 1.79 bits per heavy atom. The third-order valence-corrected chi connectivity index (χ3v) is 3.61. The van der Waals surface area contributed by atoms with Crippen LogP contribution in [0.5, 0.6) is 0 Å². The van der Waals surface area contributed by atoms with Gasteiger partial charge in [-0.15, -0.1) is 0 Å². The third kappa shape index (κ3) is 2.32. The molecule has 0 unspecified atom stereocenters. The van der Waals surface area contributed by atoms with Crippen LogP contribution in [0.2, 0.25) is 0 Å². The summed E-state index contributed by atoms with van der Waals surface area (Å²) in [5, 5.41) is 1.96. The van der Waals surface area contributed by atoms with Crippen LogP contribution in [0.1, 0.15) is 51.7 Å². The summed E-state index contributed by atoms with van der Waals surface area (Å²) >= 11 is 0. The summed E-state index contributed by atoms with van der Waals surface area (Å²) in [6.45, 7) is 12.6. The molecule has 2 rings (SSSR count). The maximum Gasteiger partial charge on any atom is 0.258 e. The van der Waals surface area contributed by atoms with Gasteiger partial charge in [-0.05, 0) is 56.2 Å². The highest BCUT2D eigenvalue weighted by molar-refractivity contribution is 5.88. The minimum absolute atomic E-state index is 0.107. The van der Waals surface area contributed by atoms with Crippen LogP contribution in [0, 0.1) is 6.92 Å². The van der Waals surface area contributed by atoms with Crippen LogP contribution < -0.4 is 5.56 Å². The zero-order valence-corrected chi connectivity index (χ0v) is 12.7. The lowest BCUT2D eigenvalue weighted by Crippen LogP contribution is -2.33. The molecule has 0 N–H and O–H groups in total. The fourth-order valence-electron chi connectivity index (χ4n) is 2.61. The Labute approximate surface area is 115 Å². The number of hydrogen-bond acceptors (Lipinski definition) is 1. The van der Waals surface area contributed by atoms with Gasteiger partial charge in [0.05, 0.1) is 0 Å². The van der Waals surface area contributed by atoms with Gasteiger partial charge < -0.3 is 4.57 Å². The fourth-order valence-corrected chi connectivity index (χ4v) is 2.61. The molecule has 0 atom stereocenters. The maximum atomic E-state index is 12.7. The van der Waals surface area contributed by atoms with Gasteiger partial charge in [0.25, 0.3) is 5.56 Å². The Hall–Kier alpha value is -1.57. The van der Waals surface area contributed by atoms with Gasteiger partial charge in [0.2, 0.25) is 0 Å². The first-order chi connectivity index (χ1) is 8.73. The van der Waals surface area contributed by atoms with E-state index in [2.05, 4.69) is 47.6 Å². The van der Waals surface area contributed by atoms with Gasteiger partial charge in [-0.2, -0.15) is 0 Å². The van der Waals surface area contributed by atoms with E-state index in [-0.39, 0.29) is 11.1 Å². The van der Waals surface area contributed by atoms with Crippen molar-refractivity contribution in [3.63, 3.8) is 0 Å². The summed E-state index contributed by atoms with van der Waals surface area (Å²) in [6, 6.07) is 6.06. The predicted octanol–water partition coefficient (Wildman–Crippen LogP) is 4.19. The lowest BCUT2D eigenvalue weighted by molar-refractivity contribution is 0.385. The number of fused-ring (bicyclic) bond motifs is 1. The Balaban J connectivity index is 2.94. The quantitative estimate of drug-likeness (QED) is 0.751. The molecule has 0 radical (unpaired) electrons. The van der Waals surface area contributed by atoms with Crippen LogP contribution in [-0.4, -0.2) is 4.57 Å². The summed E-state index contributed by atoms with van der Waals surface area (Å²) in [6.07, 6.45) is 2.00. The average Bonchev–Trinajstić information content (AvgIpc) is 2.31. The summed E-state index contributed by atoms with van der Waals surface area (Å²) in [5.41, 5.74) is 2.35. The number of pyridine rings is 1. The minimum atomic E-state index is -0.191. The molecule has 1 heterocycles. The molecule has 0 fully saturated rings. The number of aryl methyl sites for hydroxylation is 1. The molecule has 19 heavy (non-hydrogen) atoms. The van der Waals surface area contributed by atoms with E-state index < -0.39 is 0 Å². The van der Waals surface area contributed by atoms with Crippen molar-refractivity contribution in [3.8, 4) is 0 Å². The number of hydrogen-bond donors (Lipinski definition) is 0. The number of aromatic nitrogens is 1. The average molecular weight is 257 g/mol. The third-order valence-electron chi connectivity index (χ3n) is 3.61. The second-order valence-corrected chi connectivity index (χ2v) is 6.58. The SMILES string of the molecule is Cc1cn(C(C)(C)C)c(=O)c2cccc(C(C)C)c12. The topological polar surface area (TPSA) is 22.0 Å². The summed E-state index contributed by atoms with van der Waals surface area (Å²) in [4.78, 5) is 12.7. The molecule has 0 spiro atoms.